The lowest BCUT2D eigenvalue weighted by Crippen LogP contribution is -2.42. The van der Waals surface area contributed by atoms with E-state index in [2.05, 4.69) is 16.0 Å². The molecule has 0 aliphatic carbocycles. The lowest BCUT2D eigenvalue weighted by atomic mass is 10.1. The monoisotopic (exact) mass is 346 g/mol. The topological polar surface area (TPSA) is 107 Å². The van der Waals surface area contributed by atoms with Crippen molar-refractivity contribution in [3.63, 3.8) is 0 Å². The summed E-state index contributed by atoms with van der Waals surface area (Å²) < 4.78 is 5.07. The second-order valence-corrected chi connectivity index (χ2v) is 5.24. The molecular formula is C16H15ClN4O3. The maximum absolute atomic E-state index is 11.9. The number of benzene rings is 1. The summed E-state index contributed by atoms with van der Waals surface area (Å²) in [6, 6.07) is 10.7. The lowest BCUT2D eigenvalue weighted by Gasteiger charge is -2.13. The molecule has 0 bridgehead atoms. The van der Waals surface area contributed by atoms with Gasteiger partial charge in [-0.3, -0.25) is 4.79 Å². The van der Waals surface area contributed by atoms with Gasteiger partial charge in [-0.2, -0.15) is 5.26 Å². The number of nitrogens with zero attached hydrogens (tertiary/aromatic N) is 1. The molecule has 2 aromatic rings. The van der Waals surface area contributed by atoms with Gasteiger partial charge in [-0.15, -0.1) is 0 Å². The van der Waals surface area contributed by atoms with Gasteiger partial charge in [0.2, 0.25) is 5.91 Å². The normalized spacial score (nSPS) is 11.2. The van der Waals surface area contributed by atoms with Crippen LogP contribution in [0.15, 0.2) is 47.1 Å². The van der Waals surface area contributed by atoms with Crippen LogP contribution in [0.4, 0.5) is 4.79 Å². The van der Waals surface area contributed by atoms with Crippen molar-refractivity contribution in [3.8, 4) is 6.07 Å². The van der Waals surface area contributed by atoms with Gasteiger partial charge in [0.25, 0.3) is 0 Å². The largest absolute Gasteiger partial charge is 0.467 e. The third-order valence-corrected chi connectivity index (χ3v) is 3.26. The van der Waals surface area contributed by atoms with Crippen molar-refractivity contribution in [3.05, 3.63) is 59.0 Å². The van der Waals surface area contributed by atoms with Crippen molar-refractivity contribution in [2.75, 3.05) is 6.54 Å². The van der Waals surface area contributed by atoms with Gasteiger partial charge in [0.1, 0.15) is 11.8 Å². The van der Waals surface area contributed by atoms with Crippen molar-refractivity contribution in [1.82, 2.24) is 16.0 Å². The summed E-state index contributed by atoms with van der Waals surface area (Å²) in [5.41, 5.74) is 0.570. The minimum absolute atomic E-state index is 0.212. The van der Waals surface area contributed by atoms with Gasteiger partial charge in [-0.25, -0.2) is 4.79 Å². The first kappa shape index (κ1) is 17.4. The maximum atomic E-state index is 11.9. The molecule has 0 aliphatic heterocycles. The molecule has 1 heterocycles. The highest BCUT2D eigenvalue weighted by molar-refractivity contribution is 6.30. The Bertz CT molecular complexity index is 740. The smallest absolute Gasteiger partial charge is 0.315 e. The average Bonchev–Trinajstić information content (AvgIpc) is 3.09. The van der Waals surface area contributed by atoms with E-state index in [1.54, 1.807) is 36.4 Å². The van der Waals surface area contributed by atoms with Gasteiger partial charge in [0.05, 0.1) is 25.4 Å². The number of urea groups is 1. The molecule has 3 N–H and O–H groups in total. The number of hydrogen-bond donors (Lipinski definition) is 3. The van der Waals surface area contributed by atoms with Crippen molar-refractivity contribution in [2.45, 2.75) is 12.6 Å². The predicted molar refractivity (Wildman–Crippen MR) is 86.9 cm³/mol. The predicted octanol–water partition coefficient (Wildman–Crippen LogP) is 2.11. The van der Waals surface area contributed by atoms with Gasteiger partial charge in [-0.1, -0.05) is 23.7 Å². The van der Waals surface area contributed by atoms with Crippen LogP contribution in [0.1, 0.15) is 17.4 Å². The zero-order valence-corrected chi connectivity index (χ0v) is 13.3. The van der Waals surface area contributed by atoms with E-state index in [1.165, 1.54) is 6.26 Å². The fraction of sp³-hybridized carbons (Fsp3) is 0.188. The number of nitriles is 1. The van der Waals surface area contributed by atoms with Crippen LogP contribution in [0, 0.1) is 11.3 Å². The summed E-state index contributed by atoms with van der Waals surface area (Å²) in [6.07, 6.45) is 1.50. The molecule has 3 amide bonds. The Morgan fingerprint density at radius 3 is 2.75 bits per heavy atom. The summed E-state index contributed by atoms with van der Waals surface area (Å²) in [6.45, 7) is -0.0491. The van der Waals surface area contributed by atoms with Gasteiger partial charge >= 0.3 is 6.03 Å². The van der Waals surface area contributed by atoms with Gasteiger partial charge < -0.3 is 20.4 Å². The summed E-state index contributed by atoms with van der Waals surface area (Å²) in [5.74, 6) is 0.106. The van der Waals surface area contributed by atoms with E-state index in [-0.39, 0.29) is 13.1 Å². The number of hydrogen-bond acceptors (Lipinski definition) is 4. The van der Waals surface area contributed by atoms with Gasteiger partial charge in [-0.05, 0) is 29.8 Å². The number of amides is 3. The molecule has 0 radical (unpaired) electrons. The van der Waals surface area contributed by atoms with Crippen LogP contribution in [0.25, 0.3) is 0 Å². The molecule has 1 aromatic carbocycles. The van der Waals surface area contributed by atoms with Crippen LogP contribution in [-0.4, -0.2) is 18.5 Å². The lowest BCUT2D eigenvalue weighted by molar-refractivity contribution is -0.120. The summed E-state index contributed by atoms with van der Waals surface area (Å²) in [4.78, 5) is 23.4. The van der Waals surface area contributed by atoms with Crippen LogP contribution < -0.4 is 16.0 Å². The molecule has 24 heavy (non-hydrogen) atoms. The molecule has 1 atom stereocenters. The Morgan fingerprint density at radius 2 is 2.08 bits per heavy atom. The van der Waals surface area contributed by atoms with Crippen LogP contribution in [0.2, 0.25) is 5.02 Å². The minimum Gasteiger partial charge on any atom is -0.467 e. The highest BCUT2D eigenvalue weighted by Gasteiger charge is 2.14. The van der Waals surface area contributed by atoms with Crippen LogP contribution in [0.5, 0.6) is 0 Å². The number of rotatable bonds is 6. The minimum atomic E-state index is -0.843. The molecule has 8 heteroatoms. The van der Waals surface area contributed by atoms with Crippen molar-refractivity contribution < 1.29 is 14.0 Å². The van der Waals surface area contributed by atoms with Crippen LogP contribution >= 0.6 is 11.6 Å². The van der Waals surface area contributed by atoms with E-state index < -0.39 is 18.0 Å². The van der Waals surface area contributed by atoms with E-state index in [4.69, 9.17) is 21.3 Å². The number of carbonyl (C=O) groups excluding carboxylic acids is 2. The quantitative estimate of drug-likeness (QED) is 0.744. The fourth-order valence-corrected chi connectivity index (χ4v) is 2.09. The molecule has 0 aliphatic rings. The van der Waals surface area contributed by atoms with E-state index in [1.807, 2.05) is 6.07 Å². The van der Waals surface area contributed by atoms with E-state index in [9.17, 15) is 9.59 Å². The molecule has 2 rings (SSSR count). The third-order valence-electron chi connectivity index (χ3n) is 3.03. The van der Waals surface area contributed by atoms with Crippen molar-refractivity contribution >= 4 is 23.5 Å². The molecule has 0 saturated heterocycles. The van der Waals surface area contributed by atoms with Crippen LogP contribution in [-0.2, 0) is 11.3 Å². The fourth-order valence-electron chi connectivity index (χ4n) is 1.89. The average molecular weight is 347 g/mol. The Labute approximate surface area is 143 Å². The first-order chi connectivity index (χ1) is 11.6. The first-order valence-corrected chi connectivity index (χ1v) is 7.45. The zero-order valence-electron chi connectivity index (χ0n) is 12.6. The third kappa shape index (κ3) is 5.34. The summed E-state index contributed by atoms with van der Waals surface area (Å²) in [7, 11) is 0. The second kappa shape index (κ2) is 8.60. The summed E-state index contributed by atoms with van der Waals surface area (Å²) >= 11 is 5.87. The second-order valence-electron chi connectivity index (χ2n) is 4.80. The number of carbonyl (C=O) groups is 2. The molecule has 1 aromatic heterocycles. The first-order valence-electron chi connectivity index (χ1n) is 7.07. The van der Waals surface area contributed by atoms with Crippen molar-refractivity contribution in [1.29, 1.82) is 5.26 Å². The highest BCUT2D eigenvalue weighted by atomic mass is 35.5. The molecule has 7 nitrogen and oxygen atoms in total. The Balaban J connectivity index is 1.77. The van der Waals surface area contributed by atoms with E-state index in [0.29, 0.717) is 16.3 Å². The number of halogens is 1. The Kier molecular flexibility index (Phi) is 6.23. The van der Waals surface area contributed by atoms with Crippen molar-refractivity contribution in [2.24, 2.45) is 0 Å². The molecule has 0 spiro atoms. The number of nitrogens with one attached hydrogen (secondary N) is 3. The van der Waals surface area contributed by atoms with Gasteiger partial charge in [0, 0.05) is 5.02 Å². The Morgan fingerprint density at radius 1 is 1.25 bits per heavy atom. The summed E-state index contributed by atoms with van der Waals surface area (Å²) in [5, 5.41) is 17.1. The van der Waals surface area contributed by atoms with E-state index in [0.717, 1.165) is 0 Å². The maximum Gasteiger partial charge on any atom is 0.315 e. The molecule has 0 fully saturated rings. The number of furan rings is 1. The molecule has 0 saturated carbocycles. The SMILES string of the molecule is N#CC(NC(=O)CNC(=O)NCc1ccco1)c1cccc(Cl)c1. The van der Waals surface area contributed by atoms with E-state index >= 15 is 0 Å². The highest BCUT2D eigenvalue weighted by Crippen LogP contribution is 2.17. The van der Waals surface area contributed by atoms with Crippen LogP contribution in [0.3, 0.4) is 0 Å². The zero-order chi connectivity index (χ0) is 17.4. The van der Waals surface area contributed by atoms with Gasteiger partial charge in [0.15, 0.2) is 0 Å². The molecule has 124 valence electrons. The molecule has 1 unspecified atom stereocenters. The Hall–Kier alpha value is -2.98. The standard InChI is InChI=1S/C16H15ClN4O3/c17-12-4-1-3-11(7-12)14(8-18)21-15(22)10-20-16(23)19-9-13-5-2-6-24-13/h1-7,14H,9-10H2,(H,21,22)(H2,19,20,23). The molecular weight excluding hydrogens is 332 g/mol.